The maximum atomic E-state index is 5.66. The molecule has 1 radical (unpaired) electrons. The number of hydrogen-bond acceptors (Lipinski definition) is 2. The Morgan fingerprint density at radius 1 is 1.45 bits per heavy atom. The van der Waals surface area contributed by atoms with Gasteiger partial charge in [-0.2, -0.15) is 0 Å². The van der Waals surface area contributed by atoms with Gasteiger partial charge in [0, 0.05) is 0 Å². The lowest BCUT2D eigenvalue weighted by Gasteiger charge is -2.16. The van der Waals surface area contributed by atoms with E-state index in [0.717, 1.165) is 13.0 Å². The van der Waals surface area contributed by atoms with Gasteiger partial charge in [-0.15, -0.1) is 0 Å². The predicted octanol–water partition coefficient (Wildman–Crippen LogP) is 1.90. The second kappa shape index (κ2) is 2.46. The van der Waals surface area contributed by atoms with E-state index < -0.39 is 0 Å². The molecule has 11 heavy (non-hydrogen) atoms. The zero-order valence-electron chi connectivity index (χ0n) is 7.22. The first kappa shape index (κ1) is 7.56. The maximum Gasteiger partial charge on any atom is 0.163 e. The molecule has 2 heteroatoms. The minimum atomic E-state index is -0.333. The molecule has 1 saturated heterocycles. The van der Waals surface area contributed by atoms with Crippen LogP contribution in [0, 0.1) is 5.92 Å². The van der Waals surface area contributed by atoms with Crippen molar-refractivity contribution in [2.75, 3.05) is 6.61 Å². The highest BCUT2D eigenvalue weighted by Crippen LogP contribution is 2.39. The Balaban J connectivity index is 1.79. The standard InChI is InChI=1S/C9H15O2/c1-9(2)10-6-8(11-9)5-7-3-4-7/h8H,3-6H2,1-2H3. The summed E-state index contributed by atoms with van der Waals surface area (Å²) in [5, 5.41) is 0. The summed E-state index contributed by atoms with van der Waals surface area (Å²) in [6.07, 6.45) is 4.10. The van der Waals surface area contributed by atoms with Gasteiger partial charge in [-0.25, -0.2) is 0 Å². The Morgan fingerprint density at radius 2 is 2.18 bits per heavy atom. The van der Waals surface area contributed by atoms with Crippen LogP contribution in [0.4, 0.5) is 0 Å². The fourth-order valence-electron chi connectivity index (χ4n) is 1.48. The topological polar surface area (TPSA) is 18.5 Å². The van der Waals surface area contributed by atoms with Gasteiger partial charge in [0.2, 0.25) is 0 Å². The third-order valence-corrected chi connectivity index (χ3v) is 2.19. The van der Waals surface area contributed by atoms with Crippen LogP contribution in [0.2, 0.25) is 0 Å². The molecule has 0 aromatic heterocycles. The minimum absolute atomic E-state index is 0.333. The molecule has 2 rings (SSSR count). The van der Waals surface area contributed by atoms with Crippen molar-refractivity contribution in [1.82, 2.24) is 0 Å². The van der Waals surface area contributed by atoms with Crippen molar-refractivity contribution >= 4 is 0 Å². The summed E-state index contributed by atoms with van der Waals surface area (Å²) in [5.41, 5.74) is 0. The van der Waals surface area contributed by atoms with Crippen molar-refractivity contribution in [1.29, 1.82) is 0 Å². The Morgan fingerprint density at radius 3 is 2.64 bits per heavy atom. The Labute approximate surface area is 67.9 Å². The van der Waals surface area contributed by atoms with Crippen LogP contribution in [0.15, 0.2) is 0 Å². The SMILES string of the molecule is CC1(C)OCC(C[C]2CC2)O1. The van der Waals surface area contributed by atoms with Gasteiger partial charge < -0.3 is 9.47 Å². The zero-order chi connectivity index (χ0) is 7.90. The van der Waals surface area contributed by atoms with Crippen molar-refractivity contribution in [3.63, 3.8) is 0 Å². The molecule has 1 aliphatic heterocycles. The van der Waals surface area contributed by atoms with E-state index in [1.54, 1.807) is 5.92 Å². The first-order chi connectivity index (χ1) is 5.16. The largest absolute Gasteiger partial charge is 0.348 e. The van der Waals surface area contributed by atoms with Crippen LogP contribution in [0.3, 0.4) is 0 Å². The van der Waals surface area contributed by atoms with Crippen LogP contribution in [-0.4, -0.2) is 18.5 Å². The zero-order valence-corrected chi connectivity index (χ0v) is 7.22. The molecule has 0 spiro atoms. The first-order valence-corrected chi connectivity index (χ1v) is 4.31. The molecule has 1 atom stereocenters. The molecule has 2 nitrogen and oxygen atoms in total. The van der Waals surface area contributed by atoms with E-state index in [2.05, 4.69) is 0 Å². The van der Waals surface area contributed by atoms with Crippen molar-refractivity contribution < 1.29 is 9.47 Å². The molecule has 2 aliphatic rings. The fraction of sp³-hybridized carbons (Fsp3) is 0.889. The molecule has 2 fully saturated rings. The number of ether oxygens (including phenoxy) is 2. The summed E-state index contributed by atoms with van der Waals surface area (Å²) in [7, 11) is 0. The van der Waals surface area contributed by atoms with Gasteiger partial charge >= 0.3 is 0 Å². The maximum absolute atomic E-state index is 5.66. The normalized spacial score (nSPS) is 36.0. The van der Waals surface area contributed by atoms with Crippen molar-refractivity contribution in [3.8, 4) is 0 Å². The molecule has 63 valence electrons. The molecule has 0 amide bonds. The van der Waals surface area contributed by atoms with Crippen LogP contribution in [0.25, 0.3) is 0 Å². The van der Waals surface area contributed by atoms with E-state index >= 15 is 0 Å². The third kappa shape index (κ3) is 1.94. The molecule has 0 aromatic rings. The second-order valence-corrected chi connectivity index (χ2v) is 3.90. The minimum Gasteiger partial charge on any atom is -0.348 e. The molecular weight excluding hydrogens is 140 g/mol. The Hall–Kier alpha value is -0.0800. The van der Waals surface area contributed by atoms with Crippen LogP contribution in [-0.2, 0) is 9.47 Å². The van der Waals surface area contributed by atoms with E-state index in [4.69, 9.17) is 9.47 Å². The van der Waals surface area contributed by atoms with E-state index in [0.29, 0.717) is 6.10 Å². The molecule has 0 bridgehead atoms. The Kier molecular flexibility index (Phi) is 1.69. The summed E-state index contributed by atoms with van der Waals surface area (Å²) in [4.78, 5) is 0. The average molecular weight is 155 g/mol. The first-order valence-electron chi connectivity index (χ1n) is 4.31. The van der Waals surface area contributed by atoms with E-state index in [1.165, 1.54) is 12.8 Å². The van der Waals surface area contributed by atoms with Crippen molar-refractivity contribution in [3.05, 3.63) is 5.92 Å². The van der Waals surface area contributed by atoms with Crippen molar-refractivity contribution in [2.24, 2.45) is 0 Å². The molecule has 0 N–H and O–H groups in total. The monoisotopic (exact) mass is 155 g/mol. The highest BCUT2D eigenvalue weighted by molar-refractivity contribution is 5.06. The summed E-state index contributed by atoms with van der Waals surface area (Å²) >= 11 is 0. The predicted molar refractivity (Wildman–Crippen MR) is 42.0 cm³/mol. The van der Waals surface area contributed by atoms with Crippen molar-refractivity contribution in [2.45, 2.75) is 45.0 Å². The smallest absolute Gasteiger partial charge is 0.163 e. The van der Waals surface area contributed by atoms with Gasteiger partial charge in [-0.05, 0) is 39.0 Å². The summed E-state index contributed by atoms with van der Waals surface area (Å²) in [6, 6.07) is 0. The van der Waals surface area contributed by atoms with Crippen LogP contribution in [0.1, 0.15) is 33.1 Å². The second-order valence-electron chi connectivity index (χ2n) is 3.90. The van der Waals surface area contributed by atoms with Gasteiger partial charge in [0.15, 0.2) is 5.79 Å². The lowest BCUT2D eigenvalue weighted by molar-refractivity contribution is -0.138. The third-order valence-electron chi connectivity index (χ3n) is 2.19. The van der Waals surface area contributed by atoms with Gasteiger partial charge in [-0.1, -0.05) is 0 Å². The summed E-state index contributed by atoms with van der Waals surface area (Å²) < 4.78 is 11.1. The Bertz CT molecular complexity index is 150. The van der Waals surface area contributed by atoms with E-state index in [-0.39, 0.29) is 5.79 Å². The van der Waals surface area contributed by atoms with Crippen LogP contribution in [0.5, 0.6) is 0 Å². The van der Waals surface area contributed by atoms with Gasteiger partial charge in [0.1, 0.15) is 0 Å². The van der Waals surface area contributed by atoms with Crippen LogP contribution >= 0.6 is 0 Å². The van der Waals surface area contributed by atoms with Crippen LogP contribution < -0.4 is 0 Å². The van der Waals surface area contributed by atoms with Gasteiger partial charge in [-0.3, -0.25) is 0 Å². The average Bonchev–Trinajstić information content (AvgIpc) is 2.61. The fourth-order valence-corrected chi connectivity index (χ4v) is 1.48. The molecule has 1 heterocycles. The summed E-state index contributed by atoms with van der Waals surface area (Å²) in [6.45, 7) is 4.73. The molecule has 0 aromatic carbocycles. The van der Waals surface area contributed by atoms with Gasteiger partial charge in [0.05, 0.1) is 12.7 Å². The molecule has 1 saturated carbocycles. The highest BCUT2D eigenvalue weighted by Gasteiger charge is 2.36. The number of hydrogen-bond donors (Lipinski definition) is 0. The lowest BCUT2D eigenvalue weighted by Crippen LogP contribution is -2.21. The van der Waals surface area contributed by atoms with E-state index in [9.17, 15) is 0 Å². The summed E-state index contributed by atoms with van der Waals surface area (Å²) in [5.74, 6) is 1.32. The molecule has 1 aliphatic carbocycles. The lowest BCUT2D eigenvalue weighted by atomic mass is 10.2. The molecular formula is C9H15O2. The van der Waals surface area contributed by atoms with E-state index in [1.807, 2.05) is 13.8 Å². The highest BCUT2D eigenvalue weighted by atomic mass is 16.7. The number of rotatable bonds is 2. The van der Waals surface area contributed by atoms with Gasteiger partial charge in [0.25, 0.3) is 0 Å². The quantitative estimate of drug-likeness (QED) is 0.606. The molecule has 1 unspecified atom stereocenters.